The van der Waals surface area contributed by atoms with E-state index in [1.807, 2.05) is 59.5 Å². The first-order valence-corrected chi connectivity index (χ1v) is 9.50. The molecule has 4 aromatic rings. The number of benzene rings is 2. The zero-order chi connectivity index (χ0) is 19.6. The van der Waals surface area contributed by atoms with Crippen LogP contribution in [0.2, 0.25) is 0 Å². The van der Waals surface area contributed by atoms with Crippen LogP contribution in [0.25, 0.3) is 16.6 Å². The number of carbonyl (C=O) groups is 1. The van der Waals surface area contributed by atoms with Crippen molar-refractivity contribution in [2.75, 3.05) is 31.1 Å². The molecule has 0 bridgehead atoms. The van der Waals surface area contributed by atoms with Gasteiger partial charge in [-0.1, -0.05) is 36.4 Å². The quantitative estimate of drug-likeness (QED) is 0.538. The van der Waals surface area contributed by atoms with Crippen molar-refractivity contribution in [2.24, 2.45) is 0 Å². The van der Waals surface area contributed by atoms with Crippen molar-refractivity contribution in [3.63, 3.8) is 0 Å². The Labute approximate surface area is 167 Å². The molecule has 1 fully saturated rings. The highest BCUT2D eigenvalue weighted by molar-refractivity contribution is 6.07. The number of aromatic nitrogens is 5. The summed E-state index contributed by atoms with van der Waals surface area (Å²) >= 11 is 0. The third-order valence-corrected chi connectivity index (χ3v) is 5.20. The second-order valence-electron chi connectivity index (χ2n) is 6.90. The summed E-state index contributed by atoms with van der Waals surface area (Å²) in [5.41, 5.74) is 0.758. The van der Waals surface area contributed by atoms with Crippen LogP contribution in [0, 0.1) is 0 Å². The SMILES string of the molecule is O=C(c1cccc2ccccc12)N1CCN(c2ccc(-n3cncn3)nn2)CC1. The molecule has 0 radical (unpaired) electrons. The Bertz CT molecular complexity index is 1130. The molecule has 3 heterocycles. The number of carbonyl (C=O) groups excluding carboxylic acids is 1. The fourth-order valence-corrected chi connectivity index (χ4v) is 3.66. The van der Waals surface area contributed by atoms with E-state index in [1.165, 1.54) is 6.33 Å². The maximum Gasteiger partial charge on any atom is 0.254 e. The maximum atomic E-state index is 13.1. The Morgan fingerprint density at radius 1 is 0.828 bits per heavy atom. The van der Waals surface area contributed by atoms with Crippen LogP contribution < -0.4 is 4.90 Å². The number of rotatable bonds is 3. The van der Waals surface area contributed by atoms with Crippen molar-refractivity contribution >= 4 is 22.5 Å². The van der Waals surface area contributed by atoms with Gasteiger partial charge in [0.1, 0.15) is 12.7 Å². The van der Waals surface area contributed by atoms with Crippen molar-refractivity contribution in [2.45, 2.75) is 0 Å². The predicted molar refractivity (Wildman–Crippen MR) is 109 cm³/mol. The third kappa shape index (κ3) is 3.29. The van der Waals surface area contributed by atoms with E-state index < -0.39 is 0 Å². The lowest BCUT2D eigenvalue weighted by Crippen LogP contribution is -2.49. The van der Waals surface area contributed by atoms with Gasteiger partial charge in [0.05, 0.1) is 0 Å². The first kappa shape index (κ1) is 17.3. The average Bonchev–Trinajstić information content (AvgIpc) is 3.33. The molecule has 1 aliphatic rings. The van der Waals surface area contributed by atoms with Gasteiger partial charge < -0.3 is 9.80 Å². The summed E-state index contributed by atoms with van der Waals surface area (Å²) in [5, 5.41) is 14.7. The number of piperazine rings is 1. The second kappa shape index (κ2) is 7.31. The van der Waals surface area contributed by atoms with Crippen LogP contribution in [-0.4, -0.2) is 61.9 Å². The van der Waals surface area contributed by atoms with Gasteiger partial charge in [0.2, 0.25) is 0 Å². The van der Waals surface area contributed by atoms with E-state index in [0.717, 1.165) is 22.2 Å². The number of amides is 1. The van der Waals surface area contributed by atoms with Gasteiger partial charge in [-0.05, 0) is 29.0 Å². The Balaban J connectivity index is 1.28. The van der Waals surface area contributed by atoms with Crippen LogP contribution in [0.4, 0.5) is 5.82 Å². The smallest absolute Gasteiger partial charge is 0.254 e. The van der Waals surface area contributed by atoms with Crippen LogP contribution in [0.1, 0.15) is 10.4 Å². The van der Waals surface area contributed by atoms with Crippen molar-refractivity contribution in [3.8, 4) is 5.82 Å². The van der Waals surface area contributed by atoms with E-state index in [1.54, 1.807) is 11.0 Å². The van der Waals surface area contributed by atoms with E-state index >= 15 is 0 Å². The van der Waals surface area contributed by atoms with Crippen molar-refractivity contribution in [3.05, 3.63) is 72.8 Å². The monoisotopic (exact) mass is 385 g/mol. The van der Waals surface area contributed by atoms with Crippen LogP contribution in [-0.2, 0) is 0 Å². The number of hydrogen-bond donors (Lipinski definition) is 0. The molecule has 1 saturated heterocycles. The molecule has 144 valence electrons. The minimum atomic E-state index is 0.0778. The average molecular weight is 385 g/mol. The summed E-state index contributed by atoms with van der Waals surface area (Å²) in [6, 6.07) is 17.7. The Morgan fingerprint density at radius 2 is 1.59 bits per heavy atom. The standard InChI is InChI=1S/C21H19N7O/c29-21(18-7-3-5-16-4-1-2-6-17(16)18)27-12-10-26(11-13-27)19-8-9-20(25-24-19)28-15-22-14-23-28/h1-9,14-15H,10-13H2. The Hall–Kier alpha value is -3.81. The number of fused-ring (bicyclic) bond motifs is 1. The van der Waals surface area contributed by atoms with Gasteiger partial charge >= 0.3 is 0 Å². The first-order chi connectivity index (χ1) is 14.3. The Kier molecular flexibility index (Phi) is 4.36. The number of anilines is 1. The summed E-state index contributed by atoms with van der Waals surface area (Å²) < 4.78 is 1.57. The summed E-state index contributed by atoms with van der Waals surface area (Å²) in [6.07, 6.45) is 3.04. The molecule has 0 atom stereocenters. The lowest BCUT2D eigenvalue weighted by molar-refractivity contribution is 0.0748. The fourth-order valence-electron chi connectivity index (χ4n) is 3.66. The summed E-state index contributed by atoms with van der Waals surface area (Å²) in [4.78, 5) is 21.1. The third-order valence-electron chi connectivity index (χ3n) is 5.20. The molecule has 0 unspecified atom stereocenters. The molecule has 0 N–H and O–H groups in total. The van der Waals surface area contributed by atoms with Gasteiger partial charge in [0.15, 0.2) is 11.6 Å². The molecule has 1 aliphatic heterocycles. The maximum absolute atomic E-state index is 13.1. The van der Waals surface area contributed by atoms with Crippen molar-refractivity contribution in [1.29, 1.82) is 0 Å². The molecule has 5 rings (SSSR count). The van der Waals surface area contributed by atoms with Crippen LogP contribution >= 0.6 is 0 Å². The molecule has 0 saturated carbocycles. The zero-order valence-electron chi connectivity index (χ0n) is 15.7. The van der Waals surface area contributed by atoms with E-state index in [-0.39, 0.29) is 5.91 Å². The lowest BCUT2D eigenvalue weighted by atomic mass is 10.0. The molecular weight excluding hydrogens is 366 g/mol. The van der Waals surface area contributed by atoms with Crippen LogP contribution in [0.15, 0.2) is 67.3 Å². The molecule has 8 heteroatoms. The molecule has 2 aromatic carbocycles. The largest absolute Gasteiger partial charge is 0.352 e. The summed E-state index contributed by atoms with van der Waals surface area (Å²) in [7, 11) is 0. The molecule has 0 aliphatic carbocycles. The highest BCUT2D eigenvalue weighted by Gasteiger charge is 2.24. The van der Waals surface area contributed by atoms with Crippen molar-refractivity contribution in [1.82, 2.24) is 29.9 Å². The van der Waals surface area contributed by atoms with E-state index in [4.69, 9.17) is 0 Å². The molecule has 8 nitrogen and oxygen atoms in total. The number of nitrogens with zero attached hydrogens (tertiary/aromatic N) is 7. The van der Waals surface area contributed by atoms with Gasteiger partial charge in [0.25, 0.3) is 5.91 Å². The van der Waals surface area contributed by atoms with E-state index in [9.17, 15) is 4.79 Å². The highest BCUT2D eigenvalue weighted by atomic mass is 16.2. The van der Waals surface area contributed by atoms with Crippen LogP contribution in [0.5, 0.6) is 0 Å². The van der Waals surface area contributed by atoms with Crippen molar-refractivity contribution < 1.29 is 4.79 Å². The summed E-state index contributed by atoms with van der Waals surface area (Å²) in [6.45, 7) is 2.73. The Morgan fingerprint density at radius 3 is 2.34 bits per heavy atom. The first-order valence-electron chi connectivity index (χ1n) is 9.50. The van der Waals surface area contributed by atoms with Gasteiger partial charge in [-0.15, -0.1) is 10.2 Å². The molecule has 2 aromatic heterocycles. The topological polar surface area (TPSA) is 80.0 Å². The summed E-state index contributed by atoms with van der Waals surface area (Å²) in [5.74, 6) is 1.50. The second-order valence-corrected chi connectivity index (χ2v) is 6.90. The molecular formula is C21H19N7O. The number of hydrogen-bond acceptors (Lipinski definition) is 6. The highest BCUT2D eigenvalue weighted by Crippen LogP contribution is 2.21. The van der Waals surface area contributed by atoms with Gasteiger partial charge in [0, 0.05) is 31.7 Å². The van der Waals surface area contributed by atoms with Gasteiger partial charge in [-0.3, -0.25) is 4.79 Å². The molecule has 1 amide bonds. The minimum absolute atomic E-state index is 0.0778. The fraction of sp³-hybridized carbons (Fsp3) is 0.190. The van der Waals surface area contributed by atoms with Crippen LogP contribution in [0.3, 0.4) is 0 Å². The minimum Gasteiger partial charge on any atom is -0.352 e. The van der Waals surface area contributed by atoms with Gasteiger partial charge in [-0.2, -0.15) is 5.10 Å². The predicted octanol–water partition coefficient (Wildman–Crippen LogP) is 2.17. The normalized spacial score (nSPS) is 14.3. The van der Waals surface area contributed by atoms with E-state index in [2.05, 4.69) is 25.2 Å². The zero-order valence-corrected chi connectivity index (χ0v) is 15.7. The molecule has 0 spiro atoms. The lowest BCUT2D eigenvalue weighted by Gasteiger charge is -2.35. The van der Waals surface area contributed by atoms with E-state index in [0.29, 0.717) is 32.0 Å². The van der Waals surface area contributed by atoms with Gasteiger partial charge in [-0.25, -0.2) is 9.67 Å². The molecule has 29 heavy (non-hydrogen) atoms.